The zero-order valence-electron chi connectivity index (χ0n) is 8.04. The number of hydrogen-bond acceptors (Lipinski definition) is 3. The van der Waals surface area contributed by atoms with E-state index < -0.39 is 0 Å². The average molecular weight is 292 g/mol. The van der Waals surface area contributed by atoms with Gasteiger partial charge in [0, 0.05) is 21.9 Å². The van der Waals surface area contributed by atoms with E-state index >= 15 is 0 Å². The largest absolute Gasteiger partial charge is 0.481 e. The lowest BCUT2D eigenvalue weighted by Gasteiger charge is -2.13. The summed E-state index contributed by atoms with van der Waals surface area (Å²) in [4.78, 5) is 6.26. The third-order valence-corrected chi connectivity index (χ3v) is 2.64. The molecule has 4 heteroatoms. The average Bonchev–Trinajstić information content (AvgIpc) is 2.08. The molecule has 0 saturated heterocycles. The Labute approximate surface area is 92.2 Å². The predicted octanol–water partition coefficient (Wildman–Crippen LogP) is 1.76. The third-order valence-electron chi connectivity index (χ3n) is 1.63. The zero-order chi connectivity index (χ0) is 9.84. The molecule has 0 aromatic carbocycles. The van der Waals surface area contributed by atoms with Crippen LogP contribution in [0.15, 0.2) is 12.3 Å². The van der Waals surface area contributed by atoms with Gasteiger partial charge in [-0.2, -0.15) is 0 Å². The van der Waals surface area contributed by atoms with Crippen molar-refractivity contribution in [2.45, 2.75) is 6.54 Å². The smallest absolute Gasteiger partial charge is 0.218 e. The molecule has 3 nitrogen and oxygen atoms in total. The van der Waals surface area contributed by atoms with Crippen LogP contribution in [0.3, 0.4) is 0 Å². The maximum atomic E-state index is 5.18. The van der Waals surface area contributed by atoms with Gasteiger partial charge in [-0.25, -0.2) is 4.98 Å². The first kappa shape index (κ1) is 10.7. The van der Waals surface area contributed by atoms with Crippen LogP contribution in [0.5, 0.6) is 5.88 Å². The molecular weight excluding hydrogens is 279 g/mol. The van der Waals surface area contributed by atoms with Gasteiger partial charge >= 0.3 is 0 Å². The summed E-state index contributed by atoms with van der Waals surface area (Å²) in [5, 5.41) is 0. The summed E-state index contributed by atoms with van der Waals surface area (Å²) >= 11 is 2.30. The van der Waals surface area contributed by atoms with Crippen LogP contribution < -0.4 is 4.74 Å². The number of methoxy groups -OCH3 is 1. The Balaban J connectivity index is 3.00. The van der Waals surface area contributed by atoms with E-state index in [2.05, 4.69) is 32.5 Å². The molecule has 0 saturated carbocycles. The number of ether oxygens (including phenoxy) is 1. The second kappa shape index (κ2) is 4.76. The molecule has 0 fully saturated rings. The van der Waals surface area contributed by atoms with E-state index in [4.69, 9.17) is 4.74 Å². The van der Waals surface area contributed by atoms with Gasteiger partial charge in [0.05, 0.1) is 7.11 Å². The van der Waals surface area contributed by atoms with Crippen molar-refractivity contribution in [3.8, 4) is 5.88 Å². The number of halogens is 1. The minimum atomic E-state index is 0.723. The van der Waals surface area contributed by atoms with E-state index in [0.717, 1.165) is 18.0 Å². The second-order valence-corrected chi connectivity index (χ2v) is 4.18. The molecule has 0 bridgehead atoms. The molecule has 0 atom stereocenters. The minimum absolute atomic E-state index is 0.723. The highest BCUT2D eigenvalue weighted by molar-refractivity contribution is 14.1. The summed E-state index contributed by atoms with van der Waals surface area (Å²) in [6.07, 6.45) is 1.76. The molecular formula is C9H13IN2O. The first-order chi connectivity index (χ1) is 6.15. The van der Waals surface area contributed by atoms with Gasteiger partial charge in [0.25, 0.3) is 0 Å². The van der Waals surface area contributed by atoms with Crippen LogP contribution in [0.1, 0.15) is 5.56 Å². The minimum Gasteiger partial charge on any atom is -0.481 e. The van der Waals surface area contributed by atoms with Crippen LogP contribution >= 0.6 is 22.6 Å². The molecule has 0 aliphatic rings. The van der Waals surface area contributed by atoms with Gasteiger partial charge < -0.3 is 9.64 Å². The van der Waals surface area contributed by atoms with E-state index in [0.29, 0.717) is 0 Å². The summed E-state index contributed by atoms with van der Waals surface area (Å²) in [6.45, 7) is 0.856. The molecule has 0 unspecified atom stereocenters. The molecule has 1 aromatic rings. The summed E-state index contributed by atoms with van der Waals surface area (Å²) < 4.78 is 6.38. The maximum absolute atomic E-state index is 5.18. The quantitative estimate of drug-likeness (QED) is 0.794. The Morgan fingerprint density at radius 1 is 1.54 bits per heavy atom. The lowest BCUT2D eigenvalue weighted by atomic mass is 10.2. The van der Waals surface area contributed by atoms with E-state index in [-0.39, 0.29) is 0 Å². The van der Waals surface area contributed by atoms with Gasteiger partial charge in [0.2, 0.25) is 5.88 Å². The Kier molecular flexibility index (Phi) is 3.92. The first-order valence-corrected chi connectivity index (χ1v) is 5.05. The molecule has 0 radical (unpaired) electrons. The van der Waals surface area contributed by atoms with Gasteiger partial charge in [0.1, 0.15) is 0 Å². The standard InChI is InChI=1S/C9H13IN2O/c1-12(2)6-7-8(10)4-5-11-9(7)13-3/h4-5H,6H2,1-3H3. The van der Waals surface area contributed by atoms with Gasteiger partial charge in [-0.1, -0.05) is 0 Å². The van der Waals surface area contributed by atoms with Crippen molar-refractivity contribution in [1.82, 2.24) is 9.88 Å². The van der Waals surface area contributed by atoms with Gasteiger partial charge in [-0.05, 0) is 42.8 Å². The van der Waals surface area contributed by atoms with Crippen molar-refractivity contribution in [2.75, 3.05) is 21.2 Å². The summed E-state index contributed by atoms with van der Waals surface area (Å²) in [5.74, 6) is 0.723. The van der Waals surface area contributed by atoms with E-state index in [1.54, 1.807) is 13.3 Å². The normalized spacial score (nSPS) is 10.5. The number of aromatic nitrogens is 1. The van der Waals surface area contributed by atoms with Crippen LogP contribution in [0.2, 0.25) is 0 Å². The van der Waals surface area contributed by atoms with Gasteiger partial charge in [-0.15, -0.1) is 0 Å². The number of hydrogen-bond donors (Lipinski definition) is 0. The van der Waals surface area contributed by atoms with Crippen LogP contribution in [-0.4, -0.2) is 31.1 Å². The fraction of sp³-hybridized carbons (Fsp3) is 0.444. The maximum Gasteiger partial charge on any atom is 0.218 e. The second-order valence-electron chi connectivity index (χ2n) is 3.02. The number of rotatable bonds is 3. The molecule has 0 spiro atoms. The highest BCUT2D eigenvalue weighted by atomic mass is 127. The Hall–Kier alpha value is -0.360. The zero-order valence-corrected chi connectivity index (χ0v) is 10.2. The fourth-order valence-electron chi connectivity index (χ4n) is 1.09. The van der Waals surface area contributed by atoms with Crippen molar-refractivity contribution in [3.05, 3.63) is 21.4 Å². The van der Waals surface area contributed by atoms with Crippen molar-refractivity contribution < 1.29 is 4.74 Å². The monoisotopic (exact) mass is 292 g/mol. The van der Waals surface area contributed by atoms with Gasteiger partial charge in [-0.3, -0.25) is 0 Å². The number of pyridine rings is 1. The molecule has 72 valence electrons. The Morgan fingerprint density at radius 2 is 2.23 bits per heavy atom. The van der Waals surface area contributed by atoms with Crippen molar-refractivity contribution in [1.29, 1.82) is 0 Å². The van der Waals surface area contributed by atoms with E-state index in [1.165, 1.54) is 3.57 Å². The topological polar surface area (TPSA) is 25.4 Å². The fourth-order valence-corrected chi connectivity index (χ4v) is 1.65. The summed E-state index contributed by atoms with van der Waals surface area (Å²) in [7, 11) is 5.71. The third kappa shape index (κ3) is 2.80. The van der Waals surface area contributed by atoms with Crippen LogP contribution in [0, 0.1) is 3.57 Å². The van der Waals surface area contributed by atoms with Crippen molar-refractivity contribution >= 4 is 22.6 Å². The lowest BCUT2D eigenvalue weighted by Crippen LogP contribution is -2.13. The Morgan fingerprint density at radius 3 is 2.77 bits per heavy atom. The molecule has 0 aliphatic carbocycles. The van der Waals surface area contributed by atoms with E-state index in [9.17, 15) is 0 Å². The molecule has 1 rings (SSSR count). The van der Waals surface area contributed by atoms with E-state index in [1.807, 2.05) is 20.2 Å². The molecule has 1 aromatic heterocycles. The number of nitrogens with zero attached hydrogens (tertiary/aromatic N) is 2. The first-order valence-electron chi connectivity index (χ1n) is 3.97. The Bertz CT molecular complexity index is 289. The SMILES string of the molecule is COc1nccc(I)c1CN(C)C. The molecule has 0 amide bonds. The summed E-state index contributed by atoms with van der Waals surface area (Å²) in [6, 6.07) is 1.99. The van der Waals surface area contributed by atoms with Crippen molar-refractivity contribution in [2.24, 2.45) is 0 Å². The lowest BCUT2D eigenvalue weighted by molar-refractivity contribution is 0.360. The van der Waals surface area contributed by atoms with Crippen LogP contribution in [-0.2, 0) is 6.54 Å². The highest BCUT2D eigenvalue weighted by Gasteiger charge is 2.08. The highest BCUT2D eigenvalue weighted by Crippen LogP contribution is 2.21. The van der Waals surface area contributed by atoms with Crippen molar-refractivity contribution in [3.63, 3.8) is 0 Å². The van der Waals surface area contributed by atoms with Crippen LogP contribution in [0.4, 0.5) is 0 Å². The molecule has 0 N–H and O–H groups in total. The van der Waals surface area contributed by atoms with Crippen LogP contribution in [0.25, 0.3) is 0 Å². The molecule has 1 heterocycles. The van der Waals surface area contributed by atoms with Gasteiger partial charge in [0.15, 0.2) is 0 Å². The summed E-state index contributed by atoms with van der Waals surface area (Å²) in [5.41, 5.74) is 1.15. The molecule has 13 heavy (non-hydrogen) atoms. The predicted molar refractivity (Wildman–Crippen MR) is 60.9 cm³/mol. The molecule has 0 aliphatic heterocycles.